The Hall–Kier alpha value is -1.71. The van der Waals surface area contributed by atoms with Crippen molar-refractivity contribution < 1.29 is 14.3 Å². The van der Waals surface area contributed by atoms with Gasteiger partial charge in [0, 0.05) is 12.6 Å². The molecule has 0 fully saturated rings. The van der Waals surface area contributed by atoms with E-state index in [1.54, 1.807) is 26.2 Å². The third kappa shape index (κ3) is 4.65. The van der Waals surface area contributed by atoms with E-state index in [1.807, 2.05) is 12.1 Å². The second kappa shape index (κ2) is 7.58. The Morgan fingerprint density at radius 3 is 2.78 bits per heavy atom. The maximum Gasteiger partial charge on any atom is 0.260 e. The van der Waals surface area contributed by atoms with Gasteiger partial charge in [-0.2, -0.15) is 0 Å². The molecule has 0 aromatic heterocycles. The summed E-state index contributed by atoms with van der Waals surface area (Å²) in [6, 6.07) is 7.23. The highest BCUT2D eigenvalue weighted by Crippen LogP contribution is 2.19. The van der Waals surface area contributed by atoms with Gasteiger partial charge < -0.3 is 14.8 Å². The molecule has 0 bridgehead atoms. The molecular weight excluding hydrogens is 230 g/mol. The van der Waals surface area contributed by atoms with E-state index < -0.39 is 6.10 Å². The van der Waals surface area contributed by atoms with E-state index in [0.717, 1.165) is 12.8 Å². The number of carbonyl (C=O) groups is 1. The predicted octanol–water partition coefficient (Wildman–Crippen LogP) is 2.38. The Balaban J connectivity index is 2.47. The zero-order valence-electron chi connectivity index (χ0n) is 11.2. The fourth-order valence-electron chi connectivity index (χ4n) is 1.46. The van der Waals surface area contributed by atoms with E-state index in [-0.39, 0.29) is 5.91 Å². The second-order valence-electron chi connectivity index (χ2n) is 4.08. The quantitative estimate of drug-likeness (QED) is 0.757. The molecule has 0 heterocycles. The maximum atomic E-state index is 11.7. The van der Waals surface area contributed by atoms with E-state index in [9.17, 15) is 4.79 Å². The summed E-state index contributed by atoms with van der Waals surface area (Å²) in [6.07, 6.45) is 1.54. The molecule has 0 unspecified atom stereocenters. The minimum atomic E-state index is -0.506. The summed E-state index contributed by atoms with van der Waals surface area (Å²) in [4.78, 5) is 11.7. The molecule has 0 aliphatic carbocycles. The third-order valence-electron chi connectivity index (χ3n) is 2.55. The highest BCUT2D eigenvalue weighted by Gasteiger charge is 2.13. The summed E-state index contributed by atoms with van der Waals surface area (Å²) in [5.74, 6) is 1.25. The first kappa shape index (κ1) is 14.4. The molecule has 18 heavy (non-hydrogen) atoms. The van der Waals surface area contributed by atoms with Crippen LogP contribution in [-0.4, -0.2) is 25.7 Å². The van der Waals surface area contributed by atoms with Gasteiger partial charge in [-0.3, -0.25) is 4.79 Å². The molecular formula is C14H21NO3. The number of carbonyl (C=O) groups excluding carboxylic acids is 1. The first-order chi connectivity index (χ1) is 8.67. The summed E-state index contributed by atoms with van der Waals surface area (Å²) < 4.78 is 10.7. The summed E-state index contributed by atoms with van der Waals surface area (Å²) in [5.41, 5.74) is 0. The van der Waals surface area contributed by atoms with Crippen LogP contribution in [0.25, 0.3) is 0 Å². The van der Waals surface area contributed by atoms with E-state index in [0.29, 0.717) is 18.0 Å². The van der Waals surface area contributed by atoms with Crippen LogP contribution in [0.2, 0.25) is 0 Å². The van der Waals surface area contributed by atoms with Crippen LogP contribution in [0.1, 0.15) is 26.7 Å². The first-order valence-electron chi connectivity index (χ1n) is 6.25. The van der Waals surface area contributed by atoms with Crippen LogP contribution in [0.3, 0.4) is 0 Å². The lowest BCUT2D eigenvalue weighted by Gasteiger charge is -2.15. The minimum Gasteiger partial charge on any atom is -0.497 e. The summed E-state index contributed by atoms with van der Waals surface area (Å²) >= 11 is 0. The van der Waals surface area contributed by atoms with Crippen molar-refractivity contribution in [2.75, 3.05) is 13.7 Å². The van der Waals surface area contributed by atoms with Crippen molar-refractivity contribution in [3.05, 3.63) is 24.3 Å². The van der Waals surface area contributed by atoms with Gasteiger partial charge in [0.05, 0.1) is 7.11 Å². The summed E-state index contributed by atoms with van der Waals surface area (Å²) in [7, 11) is 1.60. The molecule has 1 aromatic rings. The van der Waals surface area contributed by atoms with Crippen LogP contribution in [-0.2, 0) is 4.79 Å². The molecule has 0 aliphatic rings. The van der Waals surface area contributed by atoms with Crippen molar-refractivity contribution in [2.45, 2.75) is 32.8 Å². The average Bonchev–Trinajstić information content (AvgIpc) is 2.39. The van der Waals surface area contributed by atoms with Crippen LogP contribution in [0.5, 0.6) is 11.5 Å². The van der Waals surface area contributed by atoms with E-state index in [1.165, 1.54) is 0 Å². The van der Waals surface area contributed by atoms with Gasteiger partial charge in [0.2, 0.25) is 0 Å². The van der Waals surface area contributed by atoms with Crippen LogP contribution < -0.4 is 14.8 Å². The highest BCUT2D eigenvalue weighted by atomic mass is 16.5. The van der Waals surface area contributed by atoms with E-state index >= 15 is 0 Å². The number of hydrogen-bond acceptors (Lipinski definition) is 3. The fourth-order valence-corrected chi connectivity index (χ4v) is 1.46. The molecule has 0 spiro atoms. The van der Waals surface area contributed by atoms with Crippen molar-refractivity contribution >= 4 is 5.91 Å². The van der Waals surface area contributed by atoms with Gasteiger partial charge in [-0.1, -0.05) is 19.4 Å². The lowest BCUT2D eigenvalue weighted by atomic mass is 10.3. The second-order valence-corrected chi connectivity index (χ2v) is 4.08. The van der Waals surface area contributed by atoms with Gasteiger partial charge in [0.25, 0.3) is 5.91 Å². The minimum absolute atomic E-state index is 0.0914. The zero-order valence-corrected chi connectivity index (χ0v) is 11.2. The molecule has 0 aliphatic heterocycles. The van der Waals surface area contributed by atoms with Crippen LogP contribution in [0, 0.1) is 0 Å². The average molecular weight is 251 g/mol. The number of rotatable bonds is 7. The van der Waals surface area contributed by atoms with Crippen molar-refractivity contribution in [3.63, 3.8) is 0 Å². The molecule has 4 heteroatoms. The molecule has 100 valence electrons. The van der Waals surface area contributed by atoms with Gasteiger partial charge in [-0.05, 0) is 25.5 Å². The fraction of sp³-hybridized carbons (Fsp3) is 0.500. The smallest absolute Gasteiger partial charge is 0.260 e. The SMILES string of the molecule is CCCCNC(=O)[C@@H](C)Oc1cccc(OC)c1. The molecule has 1 N–H and O–H groups in total. The highest BCUT2D eigenvalue weighted by molar-refractivity contribution is 5.80. The Morgan fingerprint density at radius 1 is 1.39 bits per heavy atom. The largest absolute Gasteiger partial charge is 0.497 e. The number of ether oxygens (including phenoxy) is 2. The molecule has 0 saturated carbocycles. The lowest BCUT2D eigenvalue weighted by molar-refractivity contribution is -0.127. The maximum absolute atomic E-state index is 11.7. The Bertz CT molecular complexity index is 379. The van der Waals surface area contributed by atoms with Crippen molar-refractivity contribution in [1.29, 1.82) is 0 Å². The number of benzene rings is 1. The number of amides is 1. The number of nitrogens with one attached hydrogen (secondary N) is 1. The topological polar surface area (TPSA) is 47.6 Å². The Labute approximate surface area is 108 Å². The molecule has 1 rings (SSSR count). The van der Waals surface area contributed by atoms with Crippen LogP contribution in [0.15, 0.2) is 24.3 Å². The van der Waals surface area contributed by atoms with Crippen molar-refractivity contribution in [2.24, 2.45) is 0 Å². The predicted molar refractivity (Wildman–Crippen MR) is 71.0 cm³/mol. The van der Waals surface area contributed by atoms with Crippen LogP contribution >= 0.6 is 0 Å². The molecule has 1 atom stereocenters. The number of methoxy groups -OCH3 is 1. The van der Waals surface area contributed by atoms with Gasteiger partial charge in [-0.25, -0.2) is 0 Å². The monoisotopic (exact) mass is 251 g/mol. The van der Waals surface area contributed by atoms with Gasteiger partial charge in [-0.15, -0.1) is 0 Å². The normalized spacial score (nSPS) is 11.7. The Morgan fingerprint density at radius 2 is 2.11 bits per heavy atom. The molecule has 0 radical (unpaired) electrons. The van der Waals surface area contributed by atoms with Gasteiger partial charge in [0.1, 0.15) is 11.5 Å². The third-order valence-corrected chi connectivity index (χ3v) is 2.55. The van der Waals surface area contributed by atoms with E-state index in [2.05, 4.69) is 12.2 Å². The van der Waals surface area contributed by atoms with Crippen LogP contribution in [0.4, 0.5) is 0 Å². The zero-order chi connectivity index (χ0) is 13.4. The molecule has 0 saturated heterocycles. The van der Waals surface area contributed by atoms with E-state index in [4.69, 9.17) is 9.47 Å². The van der Waals surface area contributed by atoms with Gasteiger partial charge in [0.15, 0.2) is 6.10 Å². The first-order valence-corrected chi connectivity index (χ1v) is 6.25. The van der Waals surface area contributed by atoms with Crippen molar-refractivity contribution in [3.8, 4) is 11.5 Å². The van der Waals surface area contributed by atoms with Crippen molar-refractivity contribution in [1.82, 2.24) is 5.32 Å². The number of hydrogen-bond donors (Lipinski definition) is 1. The standard InChI is InChI=1S/C14H21NO3/c1-4-5-9-15-14(16)11(2)18-13-8-6-7-12(10-13)17-3/h6-8,10-11H,4-5,9H2,1-3H3,(H,15,16)/t11-/m1/s1. The molecule has 4 nitrogen and oxygen atoms in total. The lowest BCUT2D eigenvalue weighted by Crippen LogP contribution is -2.36. The summed E-state index contributed by atoms with van der Waals surface area (Å²) in [6.45, 7) is 4.52. The van der Waals surface area contributed by atoms with Gasteiger partial charge >= 0.3 is 0 Å². The molecule has 1 amide bonds. The Kier molecular flexibility index (Phi) is 6.05. The molecule has 1 aromatic carbocycles. The summed E-state index contributed by atoms with van der Waals surface area (Å²) in [5, 5.41) is 2.84. The number of unbranched alkanes of at least 4 members (excludes halogenated alkanes) is 1.